The Kier molecular flexibility index (Phi) is 72.4. The summed E-state index contributed by atoms with van der Waals surface area (Å²) in [5.41, 5.74) is 9.79. The molecule has 37 N–H and O–H groups in total. The molecule has 0 spiro atoms. The van der Waals surface area contributed by atoms with E-state index in [9.17, 15) is 15.3 Å². The minimum absolute atomic E-state index is 0. The highest BCUT2D eigenvalue weighted by Gasteiger charge is 2.51. The van der Waals surface area contributed by atoms with Gasteiger partial charge in [-0.2, -0.15) is 44.0 Å². The Hall–Kier alpha value is -0.200. The molecule has 0 radical (unpaired) electrons. The summed E-state index contributed by atoms with van der Waals surface area (Å²) in [4.78, 5) is 85.6. The van der Waals surface area contributed by atoms with Gasteiger partial charge in [0, 0.05) is 21.3 Å². The van der Waals surface area contributed by atoms with Crippen LogP contribution in [-0.2, 0) is 32.6 Å². The van der Waals surface area contributed by atoms with Crippen LogP contribution in [0.15, 0.2) is 0 Å². The van der Waals surface area contributed by atoms with Crippen LogP contribution in [0.25, 0.3) is 0 Å². The number of aliphatic hydroxyl groups excluding tert-OH is 6. The van der Waals surface area contributed by atoms with E-state index in [4.69, 9.17) is 84.1 Å². The van der Waals surface area contributed by atoms with Crippen molar-refractivity contribution in [1.29, 1.82) is 0 Å². The first-order valence-electron chi connectivity index (χ1n) is 14.7. The topological polar surface area (TPSA) is 638 Å². The lowest BCUT2D eigenvalue weighted by molar-refractivity contribution is -0.0980. The fourth-order valence-corrected chi connectivity index (χ4v) is 5.76. The maximum absolute atomic E-state index is 9.43. The van der Waals surface area contributed by atoms with Gasteiger partial charge in [-0.3, -0.25) is 0 Å². The SMILES string of the molecule is C=O.CC.CC1OC(C)C(O[P+](O)(O)O)C1O.CC1OC(C)C(O[P+](O)(O)O)C1O.CC1OC(N)C(O)C1O[P+](O)(O)O.CN.CO.CO.CO.N.N.N.N.N.N. The number of carbonyl (C=O) groups excluding carboxylic acids is 1. The largest absolute Gasteiger partial charge is 0.567 e. The maximum atomic E-state index is 9.43. The fourth-order valence-electron chi connectivity index (χ4n) is 3.89. The molecule has 0 aliphatic carbocycles. The minimum atomic E-state index is -4.36. The van der Waals surface area contributed by atoms with Crippen LogP contribution in [-0.4, -0.2) is 183 Å². The molecular formula is C24H84N8O22P3+3. The van der Waals surface area contributed by atoms with Gasteiger partial charge in [-0.1, -0.05) is 13.8 Å². The van der Waals surface area contributed by atoms with Crippen molar-refractivity contribution in [2.45, 2.75) is 122 Å². The Balaban J connectivity index is -0.0000000448. The average Bonchev–Trinajstić information content (AvgIpc) is 3.56. The number of hydrogen-bond acceptors (Lipinski definition) is 30. The van der Waals surface area contributed by atoms with Crippen molar-refractivity contribution in [3.05, 3.63) is 0 Å². The van der Waals surface area contributed by atoms with Crippen LogP contribution in [0.1, 0.15) is 48.5 Å². The van der Waals surface area contributed by atoms with Gasteiger partial charge >= 0.3 is 24.5 Å². The number of ether oxygens (including phenoxy) is 3. The van der Waals surface area contributed by atoms with E-state index in [-0.39, 0.29) is 36.9 Å². The highest BCUT2D eigenvalue weighted by molar-refractivity contribution is 7.53. The molecule has 33 heteroatoms. The average molecular weight is 930 g/mol. The molecule has 0 aromatic heterocycles. The molecule has 3 fully saturated rings. The van der Waals surface area contributed by atoms with Gasteiger partial charge in [0.25, 0.3) is 0 Å². The summed E-state index contributed by atoms with van der Waals surface area (Å²) < 4.78 is 28.6. The molecule has 364 valence electrons. The molecule has 0 amide bonds. The normalized spacial score (nSPS) is 28.7. The monoisotopic (exact) mass is 929 g/mol. The summed E-state index contributed by atoms with van der Waals surface area (Å²) in [6, 6.07) is 0. The molecule has 3 aliphatic rings. The van der Waals surface area contributed by atoms with Crippen LogP contribution in [0.3, 0.4) is 0 Å². The number of carbonyl (C=O) groups is 1. The maximum Gasteiger partial charge on any atom is 0.567 e. The van der Waals surface area contributed by atoms with Crippen molar-refractivity contribution in [1.82, 2.24) is 36.9 Å². The first kappa shape index (κ1) is 88.1. The molecule has 12 unspecified atom stereocenters. The summed E-state index contributed by atoms with van der Waals surface area (Å²) in [6.07, 6.45) is -9.29. The van der Waals surface area contributed by atoms with Crippen LogP contribution in [0.5, 0.6) is 0 Å². The van der Waals surface area contributed by atoms with Crippen molar-refractivity contribution < 1.29 is 107 Å². The molecule has 3 aliphatic heterocycles. The van der Waals surface area contributed by atoms with Gasteiger partial charge in [0.2, 0.25) is 0 Å². The molecule has 57 heavy (non-hydrogen) atoms. The van der Waals surface area contributed by atoms with Crippen molar-refractivity contribution in [2.75, 3.05) is 28.4 Å². The smallest absolute Gasteiger partial charge is 0.400 e. The van der Waals surface area contributed by atoms with Crippen LogP contribution in [0, 0.1) is 0 Å². The molecular weight excluding hydrogens is 845 g/mol. The lowest BCUT2D eigenvalue weighted by Gasteiger charge is -2.15. The quantitative estimate of drug-likeness (QED) is 0.116. The third-order valence-corrected chi connectivity index (χ3v) is 7.29. The summed E-state index contributed by atoms with van der Waals surface area (Å²) in [5.74, 6) is 0. The summed E-state index contributed by atoms with van der Waals surface area (Å²) in [5, 5.41) is 49.2. The molecule has 0 aromatic rings. The third kappa shape index (κ3) is 41.0. The standard InChI is InChI=1S/2C6H14O6P.C5H13NO6P.C2H6.CH5N.3CH4O.CH2O.6H3N/c2*1-3-5(7)6(4(2)11-3)12-13(8,9)10;1-2-4(12-13(8,9)10)3(7)5(6)11-2;6*1-2;;;;;;/h2*3-10H,1-2H3;2-5,7-10H,6H2,1H3;1-2H3;2H2,1H3;3*2H,1H3;1H2;6*1H3/q3*+1;;;;;;;;;;;;. The Labute approximate surface area is 337 Å². The second kappa shape index (κ2) is 46.9. The highest BCUT2D eigenvalue weighted by Crippen LogP contribution is 2.51. The first-order valence-corrected chi connectivity index (χ1v) is 19.4. The predicted molar refractivity (Wildman–Crippen MR) is 215 cm³/mol. The fraction of sp³-hybridized carbons (Fsp3) is 0.958. The molecule has 0 bridgehead atoms. The second-order valence-corrected chi connectivity index (χ2v) is 12.8. The minimum Gasteiger partial charge on any atom is -0.400 e. The van der Waals surface area contributed by atoms with Crippen LogP contribution >= 0.6 is 24.5 Å². The van der Waals surface area contributed by atoms with E-state index in [1.165, 1.54) is 14.0 Å². The molecule has 3 heterocycles. The number of hydrogen-bond donors (Lipinski definition) is 23. The summed E-state index contributed by atoms with van der Waals surface area (Å²) >= 11 is 0. The first-order chi connectivity index (χ1) is 23.4. The van der Waals surface area contributed by atoms with E-state index in [0.29, 0.717) is 0 Å². The molecule has 3 saturated heterocycles. The zero-order valence-corrected chi connectivity index (χ0v) is 37.6. The summed E-state index contributed by atoms with van der Waals surface area (Å²) in [7, 11) is -8.47. The van der Waals surface area contributed by atoms with Gasteiger partial charge in [-0.15, -0.1) is 13.6 Å². The molecule has 12 atom stereocenters. The van der Waals surface area contributed by atoms with Gasteiger partial charge in [0.1, 0.15) is 31.3 Å². The Bertz CT molecular complexity index is 695. The Morgan fingerprint density at radius 2 is 0.614 bits per heavy atom. The van der Waals surface area contributed by atoms with Crippen molar-refractivity contribution >= 4 is 31.3 Å². The zero-order valence-electron chi connectivity index (χ0n) is 34.9. The van der Waals surface area contributed by atoms with Gasteiger partial charge in [-0.25, -0.2) is 0 Å². The van der Waals surface area contributed by atoms with Gasteiger partial charge in [0.15, 0.2) is 18.3 Å². The highest BCUT2D eigenvalue weighted by atomic mass is 31.2. The molecule has 30 nitrogen and oxygen atoms in total. The van der Waals surface area contributed by atoms with Crippen LogP contribution in [0.4, 0.5) is 0 Å². The van der Waals surface area contributed by atoms with Gasteiger partial charge < -0.3 is 98.0 Å². The van der Waals surface area contributed by atoms with E-state index >= 15 is 0 Å². The van der Waals surface area contributed by atoms with Crippen molar-refractivity contribution in [3.63, 3.8) is 0 Å². The van der Waals surface area contributed by atoms with Crippen molar-refractivity contribution in [3.8, 4) is 0 Å². The number of nitrogens with two attached hydrogens (primary N) is 2. The number of rotatable bonds is 6. The lowest BCUT2D eigenvalue weighted by atomic mass is 10.1. The van der Waals surface area contributed by atoms with Crippen LogP contribution < -0.4 is 48.4 Å². The van der Waals surface area contributed by atoms with Crippen molar-refractivity contribution in [2.24, 2.45) is 11.5 Å². The van der Waals surface area contributed by atoms with E-state index in [1.54, 1.807) is 27.7 Å². The van der Waals surface area contributed by atoms with E-state index < -0.39 is 97.9 Å². The second-order valence-electron chi connectivity index (χ2n) is 9.12. The predicted octanol–water partition coefficient (Wildman–Crippen LogP) is -3.31. The summed E-state index contributed by atoms with van der Waals surface area (Å²) in [6.45, 7) is 14.0. The number of aliphatic hydroxyl groups is 6. The Morgan fingerprint density at radius 3 is 0.737 bits per heavy atom. The molecule has 0 aromatic carbocycles. The van der Waals surface area contributed by atoms with Crippen LogP contribution in [0.2, 0.25) is 0 Å². The molecule has 0 saturated carbocycles. The third-order valence-electron chi connectivity index (χ3n) is 5.72. The van der Waals surface area contributed by atoms with E-state index in [1.807, 2.05) is 20.6 Å². The Morgan fingerprint density at radius 1 is 0.439 bits per heavy atom. The van der Waals surface area contributed by atoms with Gasteiger partial charge in [0.05, 0.1) is 30.5 Å². The van der Waals surface area contributed by atoms with Gasteiger partial charge in [-0.05, 0) is 41.7 Å². The van der Waals surface area contributed by atoms with E-state index in [2.05, 4.69) is 19.3 Å². The zero-order chi connectivity index (χ0) is 42.7. The lowest BCUT2D eigenvalue weighted by Crippen LogP contribution is -2.38. The molecule has 3 rings (SSSR count). The van der Waals surface area contributed by atoms with E-state index in [0.717, 1.165) is 21.3 Å².